The fourth-order valence-corrected chi connectivity index (χ4v) is 2.42. The van der Waals surface area contributed by atoms with Crippen molar-refractivity contribution in [2.75, 3.05) is 6.54 Å². The van der Waals surface area contributed by atoms with E-state index in [1.807, 2.05) is 30.3 Å². The summed E-state index contributed by atoms with van der Waals surface area (Å²) in [5.41, 5.74) is 0. The number of hydrogen-bond acceptors (Lipinski definition) is 5. The number of nitrogens with zero attached hydrogens (tertiary/aromatic N) is 2. The van der Waals surface area contributed by atoms with Crippen molar-refractivity contribution in [2.24, 2.45) is 0 Å². The molecule has 0 saturated carbocycles. The van der Waals surface area contributed by atoms with Gasteiger partial charge in [0, 0.05) is 12.5 Å². The van der Waals surface area contributed by atoms with E-state index in [2.05, 4.69) is 15.5 Å². The smallest absolute Gasteiger partial charge is 0.226 e. The number of halogens is 1. The maximum absolute atomic E-state index is 5.59. The molecule has 21 heavy (non-hydrogen) atoms. The molecule has 1 unspecified atom stereocenters. The molecule has 0 amide bonds. The Hall–Kier alpha value is -1.59. The molecule has 1 aliphatic heterocycles. The molecule has 1 atom stereocenters. The van der Waals surface area contributed by atoms with Crippen molar-refractivity contribution < 1.29 is 9.26 Å². The van der Waals surface area contributed by atoms with Crippen molar-refractivity contribution >= 4 is 12.4 Å². The highest BCUT2D eigenvalue weighted by molar-refractivity contribution is 5.85. The van der Waals surface area contributed by atoms with Gasteiger partial charge < -0.3 is 14.6 Å². The molecule has 0 radical (unpaired) electrons. The van der Waals surface area contributed by atoms with Crippen LogP contribution in [-0.4, -0.2) is 22.7 Å². The monoisotopic (exact) mass is 309 g/mol. The number of hydrogen-bond donors (Lipinski definition) is 1. The number of para-hydroxylation sites is 1. The van der Waals surface area contributed by atoms with E-state index in [0.29, 0.717) is 24.4 Å². The number of aromatic nitrogens is 2. The first-order valence-electron chi connectivity index (χ1n) is 7.13. The second-order valence-corrected chi connectivity index (χ2v) is 5.04. The first-order chi connectivity index (χ1) is 9.90. The van der Waals surface area contributed by atoms with Crippen LogP contribution in [0, 0.1) is 0 Å². The van der Waals surface area contributed by atoms with Gasteiger partial charge in [0.25, 0.3) is 0 Å². The van der Waals surface area contributed by atoms with Crippen molar-refractivity contribution in [1.82, 2.24) is 15.5 Å². The third-order valence-electron chi connectivity index (χ3n) is 3.49. The molecule has 1 aromatic heterocycles. The molecule has 1 saturated heterocycles. The van der Waals surface area contributed by atoms with Crippen LogP contribution in [0.3, 0.4) is 0 Å². The van der Waals surface area contributed by atoms with E-state index in [4.69, 9.17) is 9.26 Å². The summed E-state index contributed by atoms with van der Waals surface area (Å²) in [5.74, 6) is 2.11. The standard InChI is InChI=1S/C15H19N3O2.ClH/c1-2-6-13(7-3-1)19-11-14-17-15(20-18-14)9-8-12-5-4-10-16-12;/h1-3,6-7,12,16H,4-5,8-11H2;1H. The Morgan fingerprint density at radius 3 is 2.90 bits per heavy atom. The topological polar surface area (TPSA) is 60.2 Å². The number of aryl methyl sites for hydroxylation is 1. The van der Waals surface area contributed by atoms with Crippen molar-refractivity contribution in [2.45, 2.75) is 38.3 Å². The maximum atomic E-state index is 5.59. The lowest BCUT2D eigenvalue weighted by atomic mass is 10.1. The Morgan fingerprint density at radius 2 is 2.14 bits per heavy atom. The fourth-order valence-electron chi connectivity index (χ4n) is 2.42. The Bertz CT molecular complexity index is 527. The highest BCUT2D eigenvalue weighted by atomic mass is 35.5. The summed E-state index contributed by atoms with van der Waals surface area (Å²) in [5, 5.41) is 7.41. The van der Waals surface area contributed by atoms with Crippen LogP contribution in [0.15, 0.2) is 34.9 Å². The van der Waals surface area contributed by atoms with E-state index in [0.717, 1.165) is 25.1 Å². The zero-order valence-electron chi connectivity index (χ0n) is 11.8. The highest BCUT2D eigenvalue weighted by Crippen LogP contribution is 2.13. The summed E-state index contributed by atoms with van der Waals surface area (Å²) in [6, 6.07) is 10.2. The van der Waals surface area contributed by atoms with Gasteiger partial charge in [-0.25, -0.2) is 0 Å². The molecular weight excluding hydrogens is 290 g/mol. The van der Waals surface area contributed by atoms with Crippen molar-refractivity contribution in [1.29, 1.82) is 0 Å². The van der Waals surface area contributed by atoms with E-state index in [1.54, 1.807) is 0 Å². The predicted molar refractivity (Wildman–Crippen MR) is 81.7 cm³/mol. The molecule has 2 aromatic rings. The van der Waals surface area contributed by atoms with Crippen molar-refractivity contribution in [3.8, 4) is 5.75 Å². The minimum absolute atomic E-state index is 0. The van der Waals surface area contributed by atoms with Crippen LogP contribution in [0.2, 0.25) is 0 Å². The van der Waals surface area contributed by atoms with Gasteiger partial charge in [-0.05, 0) is 37.9 Å². The van der Waals surface area contributed by atoms with E-state index in [9.17, 15) is 0 Å². The summed E-state index contributed by atoms with van der Waals surface area (Å²) in [6.07, 6.45) is 4.40. The van der Waals surface area contributed by atoms with Gasteiger partial charge in [0.1, 0.15) is 5.75 Å². The van der Waals surface area contributed by atoms with Gasteiger partial charge in [0.15, 0.2) is 6.61 Å². The molecule has 3 rings (SSSR count). The summed E-state index contributed by atoms with van der Waals surface area (Å²) < 4.78 is 10.8. The van der Waals surface area contributed by atoms with Crippen LogP contribution in [-0.2, 0) is 13.0 Å². The molecule has 1 fully saturated rings. The van der Waals surface area contributed by atoms with E-state index < -0.39 is 0 Å². The number of nitrogens with one attached hydrogen (secondary N) is 1. The van der Waals surface area contributed by atoms with Gasteiger partial charge >= 0.3 is 0 Å². The Balaban J connectivity index is 0.00000161. The fraction of sp³-hybridized carbons (Fsp3) is 0.467. The molecule has 2 heterocycles. The van der Waals surface area contributed by atoms with E-state index >= 15 is 0 Å². The number of rotatable bonds is 6. The molecule has 1 aromatic carbocycles. The summed E-state index contributed by atoms with van der Waals surface area (Å²) >= 11 is 0. The average Bonchev–Trinajstić information content (AvgIpc) is 3.16. The SMILES string of the molecule is Cl.c1ccc(OCc2noc(CCC3CCCN3)n2)cc1. The Labute approximate surface area is 130 Å². The number of benzene rings is 1. The van der Waals surface area contributed by atoms with E-state index in [-0.39, 0.29) is 12.4 Å². The Kier molecular flexibility index (Phi) is 6.02. The van der Waals surface area contributed by atoms with E-state index in [1.165, 1.54) is 12.8 Å². The van der Waals surface area contributed by atoms with Gasteiger partial charge in [-0.15, -0.1) is 12.4 Å². The van der Waals surface area contributed by atoms with Crippen LogP contribution >= 0.6 is 12.4 Å². The molecule has 1 aliphatic rings. The third-order valence-corrected chi connectivity index (χ3v) is 3.49. The zero-order valence-corrected chi connectivity index (χ0v) is 12.6. The van der Waals surface area contributed by atoms with Crippen LogP contribution in [0.4, 0.5) is 0 Å². The molecule has 1 N–H and O–H groups in total. The zero-order chi connectivity index (χ0) is 13.6. The van der Waals surface area contributed by atoms with Crippen molar-refractivity contribution in [3.05, 3.63) is 42.0 Å². The average molecular weight is 310 g/mol. The van der Waals surface area contributed by atoms with Gasteiger partial charge in [0.05, 0.1) is 0 Å². The van der Waals surface area contributed by atoms with Crippen LogP contribution < -0.4 is 10.1 Å². The normalized spacial score (nSPS) is 17.4. The molecule has 0 aliphatic carbocycles. The second kappa shape index (κ2) is 8.00. The molecular formula is C15H20ClN3O2. The molecule has 0 spiro atoms. The summed E-state index contributed by atoms with van der Waals surface area (Å²) in [6.45, 7) is 1.47. The predicted octanol–water partition coefficient (Wildman–Crippen LogP) is 2.75. The minimum atomic E-state index is 0. The lowest BCUT2D eigenvalue weighted by molar-refractivity contribution is 0.285. The molecule has 6 heteroatoms. The van der Waals surface area contributed by atoms with Crippen LogP contribution in [0.25, 0.3) is 0 Å². The van der Waals surface area contributed by atoms with Gasteiger partial charge in [-0.3, -0.25) is 0 Å². The second-order valence-electron chi connectivity index (χ2n) is 5.04. The highest BCUT2D eigenvalue weighted by Gasteiger charge is 2.15. The minimum Gasteiger partial charge on any atom is -0.485 e. The molecule has 5 nitrogen and oxygen atoms in total. The molecule has 114 valence electrons. The largest absolute Gasteiger partial charge is 0.485 e. The van der Waals surface area contributed by atoms with Gasteiger partial charge in [-0.1, -0.05) is 23.4 Å². The third kappa shape index (κ3) is 4.72. The molecule has 0 bridgehead atoms. The van der Waals surface area contributed by atoms with Gasteiger partial charge in [0.2, 0.25) is 11.7 Å². The Morgan fingerprint density at radius 1 is 1.29 bits per heavy atom. The van der Waals surface area contributed by atoms with Crippen LogP contribution in [0.1, 0.15) is 31.0 Å². The lowest BCUT2D eigenvalue weighted by Gasteiger charge is -2.06. The first-order valence-corrected chi connectivity index (χ1v) is 7.13. The van der Waals surface area contributed by atoms with Crippen LogP contribution in [0.5, 0.6) is 5.75 Å². The summed E-state index contributed by atoms with van der Waals surface area (Å²) in [7, 11) is 0. The van der Waals surface area contributed by atoms with Crippen molar-refractivity contribution in [3.63, 3.8) is 0 Å². The number of ether oxygens (including phenoxy) is 1. The summed E-state index contributed by atoms with van der Waals surface area (Å²) in [4.78, 5) is 4.36. The quantitative estimate of drug-likeness (QED) is 0.889. The lowest BCUT2D eigenvalue weighted by Crippen LogP contribution is -2.21. The first kappa shape index (κ1) is 15.8. The van der Waals surface area contributed by atoms with Gasteiger partial charge in [-0.2, -0.15) is 4.98 Å². The maximum Gasteiger partial charge on any atom is 0.226 e.